The molecule has 2 aromatic carbocycles. The summed E-state index contributed by atoms with van der Waals surface area (Å²) in [7, 11) is 1.55. The van der Waals surface area contributed by atoms with E-state index in [1.165, 1.54) is 0 Å². The lowest BCUT2D eigenvalue weighted by molar-refractivity contribution is -0.315. The molecule has 0 spiro atoms. The van der Waals surface area contributed by atoms with E-state index in [9.17, 15) is 19.5 Å². The molecule has 7 heteroatoms. The number of fused-ring (bicyclic) bond motifs is 1. The summed E-state index contributed by atoms with van der Waals surface area (Å²) in [6, 6.07) is 12.6. The quantitative estimate of drug-likeness (QED) is 0.555. The zero-order valence-electron chi connectivity index (χ0n) is 19.0. The second-order valence-electron chi connectivity index (χ2n) is 8.56. The third-order valence-electron chi connectivity index (χ3n) is 6.89. The summed E-state index contributed by atoms with van der Waals surface area (Å²) in [6.45, 7) is 4.17. The summed E-state index contributed by atoms with van der Waals surface area (Å²) in [5.41, 5.74) is 1.22. The number of likely N-dealkylation sites (tertiary alicyclic amines) is 1. The van der Waals surface area contributed by atoms with Crippen molar-refractivity contribution in [1.29, 1.82) is 0 Å². The van der Waals surface area contributed by atoms with E-state index in [2.05, 4.69) is 0 Å². The molecule has 1 aliphatic heterocycles. The first-order valence-electron chi connectivity index (χ1n) is 10.9. The fraction of sp³-hybridized carbons (Fsp3) is 0.346. The molecule has 0 aliphatic carbocycles. The van der Waals surface area contributed by atoms with Gasteiger partial charge in [-0.25, -0.2) is 4.79 Å². The van der Waals surface area contributed by atoms with Crippen molar-refractivity contribution in [2.75, 3.05) is 20.2 Å². The summed E-state index contributed by atoms with van der Waals surface area (Å²) >= 11 is 0. The molecule has 1 amide bonds. The van der Waals surface area contributed by atoms with Crippen molar-refractivity contribution >= 4 is 22.8 Å². The third-order valence-corrected chi connectivity index (χ3v) is 6.89. The molecule has 33 heavy (non-hydrogen) atoms. The van der Waals surface area contributed by atoms with Crippen LogP contribution in [-0.2, 0) is 21.4 Å². The molecule has 0 N–H and O–H groups in total. The Hall–Kier alpha value is -3.61. The fourth-order valence-corrected chi connectivity index (χ4v) is 4.76. The maximum absolute atomic E-state index is 13.1. The highest BCUT2D eigenvalue weighted by molar-refractivity contribution is 5.88. The fourth-order valence-electron chi connectivity index (χ4n) is 4.76. The number of carbonyl (C=O) groups excluding carboxylic acids is 2. The molecule has 0 atom stereocenters. The van der Waals surface area contributed by atoms with Crippen LogP contribution in [0, 0.1) is 13.8 Å². The molecule has 4 rings (SSSR count). The molecule has 0 bridgehead atoms. The standard InChI is InChI=1S/C26H27NO6/c1-16-19-9-10-21(32-3)17(2)23(19)33-24(29)20(16)15-22(28)27-13-11-26(12-14-27,25(30)31)18-7-5-4-6-8-18/h4-10H,11-15H2,1-3H3,(H,30,31)/p-1. The highest BCUT2D eigenvalue weighted by Gasteiger charge is 2.38. The normalized spacial score (nSPS) is 15.4. The average molecular weight is 448 g/mol. The van der Waals surface area contributed by atoms with E-state index >= 15 is 0 Å². The van der Waals surface area contributed by atoms with Crippen molar-refractivity contribution in [3.63, 3.8) is 0 Å². The molecule has 1 aromatic heterocycles. The van der Waals surface area contributed by atoms with Crippen LogP contribution < -0.4 is 15.5 Å². The van der Waals surface area contributed by atoms with Crippen molar-refractivity contribution in [1.82, 2.24) is 4.90 Å². The Balaban J connectivity index is 1.56. The van der Waals surface area contributed by atoms with E-state index < -0.39 is 17.0 Å². The predicted octanol–water partition coefficient (Wildman–Crippen LogP) is 2.27. The van der Waals surface area contributed by atoms with E-state index in [0.717, 1.165) is 10.9 Å². The Morgan fingerprint density at radius 1 is 1.06 bits per heavy atom. The van der Waals surface area contributed by atoms with Gasteiger partial charge in [0.25, 0.3) is 0 Å². The maximum Gasteiger partial charge on any atom is 0.340 e. The van der Waals surface area contributed by atoms with Crippen molar-refractivity contribution in [2.45, 2.75) is 38.5 Å². The molecule has 0 saturated carbocycles. The van der Waals surface area contributed by atoms with Gasteiger partial charge in [0.15, 0.2) is 0 Å². The zero-order chi connectivity index (χ0) is 23.8. The number of ether oxygens (including phenoxy) is 1. The highest BCUT2D eigenvalue weighted by atomic mass is 16.5. The van der Waals surface area contributed by atoms with Gasteiger partial charge in [0.2, 0.25) is 5.91 Å². The van der Waals surface area contributed by atoms with Gasteiger partial charge in [-0.3, -0.25) is 4.79 Å². The molecule has 2 heterocycles. The summed E-state index contributed by atoms with van der Waals surface area (Å²) in [5.74, 6) is -0.732. The minimum atomic E-state index is -1.13. The van der Waals surface area contributed by atoms with Crippen molar-refractivity contribution in [3.8, 4) is 5.75 Å². The third kappa shape index (κ3) is 3.88. The Morgan fingerprint density at radius 3 is 2.33 bits per heavy atom. The summed E-state index contributed by atoms with van der Waals surface area (Å²) in [5, 5.41) is 12.8. The van der Waals surface area contributed by atoms with E-state index in [4.69, 9.17) is 9.15 Å². The summed E-state index contributed by atoms with van der Waals surface area (Å²) in [6.07, 6.45) is 0.420. The molecular weight excluding hydrogens is 422 g/mol. The van der Waals surface area contributed by atoms with Gasteiger partial charge in [-0.2, -0.15) is 0 Å². The zero-order valence-corrected chi connectivity index (χ0v) is 19.0. The maximum atomic E-state index is 13.1. The van der Waals surface area contributed by atoms with Crippen molar-refractivity contribution in [3.05, 3.63) is 75.1 Å². The average Bonchev–Trinajstić information content (AvgIpc) is 2.83. The van der Waals surface area contributed by atoms with Crippen LogP contribution in [-0.4, -0.2) is 37.0 Å². The predicted molar refractivity (Wildman–Crippen MR) is 121 cm³/mol. The van der Waals surface area contributed by atoms with E-state index in [1.54, 1.807) is 43.2 Å². The van der Waals surface area contributed by atoms with Crippen LogP contribution in [0.4, 0.5) is 0 Å². The molecule has 0 radical (unpaired) electrons. The second kappa shape index (κ2) is 8.73. The number of carboxylic acids is 1. The molecule has 172 valence electrons. The molecule has 1 aliphatic rings. The molecular formula is C26H26NO6-. The van der Waals surface area contributed by atoms with Gasteiger partial charge >= 0.3 is 5.63 Å². The highest BCUT2D eigenvalue weighted by Crippen LogP contribution is 2.35. The van der Waals surface area contributed by atoms with Crippen LogP contribution in [0.5, 0.6) is 5.75 Å². The number of aliphatic carboxylic acids is 1. The lowest BCUT2D eigenvalue weighted by Gasteiger charge is -2.43. The number of piperidine rings is 1. The van der Waals surface area contributed by atoms with Crippen LogP contribution >= 0.6 is 0 Å². The number of aryl methyl sites for hydroxylation is 2. The monoisotopic (exact) mass is 448 g/mol. The number of rotatable bonds is 5. The molecule has 1 fully saturated rings. The number of methoxy groups -OCH3 is 1. The van der Waals surface area contributed by atoms with E-state index in [1.807, 2.05) is 25.1 Å². The number of carbonyl (C=O) groups is 2. The van der Waals surface area contributed by atoms with Crippen LogP contribution in [0.15, 0.2) is 51.7 Å². The number of nitrogens with zero attached hydrogens (tertiary/aromatic N) is 1. The van der Waals surface area contributed by atoms with Gasteiger partial charge < -0.3 is 24.0 Å². The first kappa shape index (κ1) is 22.6. The molecule has 0 unspecified atom stereocenters. The Labute approximate surface area is 191 Å². The van der Waals surface area contributed by atoms with Gasteiger partial charge in [0, 0.05) is 29.5 Å². The smallest absolute Gasteiger partial charge is 0.340 e. The molecule has 3 aromatic rings. The molecule has 7 nitrogen and oxygen atoms in total. The summed E-state index contributed by atoms with van der Waals surface area (Å²) < 4.78 is 10.9. The van der Waals surface area contributed by atoms with Gasteiger partial charge in [-0.15, -0.1) is 0 Å². The Bertz CT molecular complexity index is 1270. The van der Waals surface area contributed by atoms with E-state index in [0.29, 0.717) is 28.0 Å². The van der Waals surface area contributed by atoms with Gasteiger partial charge in [0.1, 0.15) is 11.3 Å². The summed E-state index contributed by atoms with van der Waals surface area (Å²) in [4.78, 5) is 39.5. The van der Waals surface area contributed by atoms with Gasteiger partial charge in [0.05, 0.1) is 25.1 Å². The topological polar surface area (TPSA) is 99.9 Å². The number of carboxylic acid groups (broad SMARTS) is 1. The van der Waals surface area contributed by atoms with Gasteiger partial charge in [-0.05, 0) is 49.9 Å². The lowest BCUT2D eigenvalue weighted by atomic mass is 9.73. The van der Waals surface area contributed by atoms with Crippen molar-refractivity contribution in [2.24, 2.45) is 0 Å². The largest absolute Gasteiger partial charge is 0.549 e. The van der Waals surface area contributed by atoms with Crippen LogP contribution in [0.25, 0.3) is 11.0 Å². The van der Waals surface area contributed by atoms with Crippen LogP contribution in [0.3, 0.4) is 0 Å². The van der Waals surface area contributed by atoms with Crippen LogP contribution in [0.2, 0.25) is 0 Å². The minimum Gasteiger partial charge on any atom is -0.549 e. The second-order valence-corrected chi connectivity index (χ2v) is 8.56. The Kier molecular flexibility index (Phi) is 5.97. The number of hydrogen-bond donors (Lipinski definition) is 0. The number of amides is 1. The lowest BCUT2D eigenvalue weighted by Crippen LogP contribution is -2.54. The first-order chi connectivity index (χ1) is 15.8. The van der Waals surface area contributed by atoms with Gasteiger partial charge in [-0.1, -0.05) is 30.3 Å². The Morgan fingerprint density at radius 2 is 1.73 bits per heavy atom. The number of benzene rings is 2. The number of hydrogen-bond acceptors (Lipinski definition) is 6. The van der Waals surface area contributed by atoms with E-state index in [-0.39, 0.29) is 38.3 Å². The minimum absolute atomic E-state index is 0.0984. The van der Waals surface area contributed by atoms with Crippen molar-refractivity contribution < 1.29 is 23.8 Å². The SMILES string of the molecule is COc1ccc2c(C)c(CC(=O)N3CCC(C(=O)[O-])(c4ccccc4)CC3)c(=O)oc2c1C. The first-order valence-corrected chi connectivity index (χ1v) is 10.9. The van der Waals surface area contributed by atoms with Crippen LogP contribution in [0.1, 0.15) is 35.1 Å². The molecule has 1 saturated heterocycles.